The van der Waals surface area contributed by atoms with Gasteiger partial charge in [0.15, 0.2) is 0 Å². The second-order valence-corrected chi connectivity index (χ2v) is 8.08. The minimum Gasteiger partial charge on any atom is -0.459 e. The van der Waals surface area contributed by atoms with E-state index in [9.17, 15) is 19.7 Å². The zero-order chi connectivity index (χ0) is 19.8. The molecule has 1 aromatic rings. The molecule has 2 aliphatic heterocycles. The maximum Gasteiger partial charge on any atom is 0.410 e. The largest absolute Gasteiger partial charge is 0.459 e. The molecule has 1 aromatic carbocycles. The molecule has 2 fully saturated rings. The number of amides is 1. The van der Waals surface area contributed by atoms with Crippen LogP contribution in [0.4, 0.5) is 10.5 Å². The number of nitrogens with zero attached hydrogens (tertiary/aromatic N) is 2. The third-order valence-corrected chi connectivity index (χ3v) is 4.88. The highest BCUT2D eigenvalue weighted by Crippen LogP contribution is 2.38. The highest BCUT2D eigenvalue weighted by atomic mass is 16.6. The quantitative estimate of drug-likeness (QED) is 0.453. The number of ether oxygens (including phenoxy) is 2. The summed E-state index contributed by atoms with van der Waals surface area (Å²) < 4.78 is 11.1. The molecule has 2 unspecified atom stereocenters. The van der Waals surface area contributed by atoms with Crippen LogP contribution in [-0.2, 0) is 9.47 Å². The topological polar surface area (TPSA) is 99.0 Å². The standard InChI is InChI=1S/C19H24N2O6/c1-19(2,3)27-18(23)20-14-8-9-15(20)11-16(10-14)26-17(22)12-4-6-13(7-5-12)21(24)25/h4-7,14-16H,8-11H2,1-3H3. The Morgan fingerprint density at radius 1 is 1.11 bits per heavy atom. The zero-order valence-corrected chi connectivity index (χ0v) is 15.7. The fourth-order valence-corrected chi connectivity index (χ4v) is 3.77. The lowest BCUT2D eigenvalue weighted by Gasteiger charge is -2.39. The molecule has 0 N–H and O–H groups in total. The van der Waals surface area contributed by atoms with Gasteiger partial charge in [0, 0.05) is 37.1 Å². The van der Waals surface area contributed by atoms with Crippen LogP contribution in [0, 0.1) is 10.1 Å². The van der Waals surface area contributed by atoms with Crippen LogP contribution in [0.15, 0.2) is 24.3 Å². The number of hydrogen-bond acceptors (Lipinski definition) is 6. The molecule has 2 bridgehead atoms. The molecule has 2 atom stereocenters. The van der Waals surface area contributed by atoms with Crippen molar-refractivity contribution in [3.8, 4) is 0 Å². The Balaban J connectivity index is 1.60. The lowest BCUT2D eigenvalue weighted by molar-refractivity contribution is -0.384. The third kappa shape index (κ3) is 4.37. The van der Waals surface area contributed by atoms with Crippen molar-refractivity contribution < 1.29 is 24.0 Å². The first-order chi connectivity index (χ1) is 12.6. The number of carbonyl (C=O) groups is 2. The molecule has 0 aromatic heterocycles. The van der Waals surface area contributed by atoms with Crippen molar-refractivity contribution in [2.75, 3.05) is 0 Å². The number of nitro benzene ring substituents is 1. The number of benzene rings is 1. The number of nitro groups is 1. The predicted octanol–water partition coefficient (Wildman–Crippen LogP) is 3.68. The van der Waals surface area contributed by atoms with Gasteiger partial charge in [-0.15, -0.1) is 0 Å². The molecular weight excluding hydrogens is 352 g/mol. The fourth-order valence-electron chi connectivity index (χ4n) is 3.77. The Morgan fingerprint density at radius 2 is 1.67 bits per heavy atom. The van der Waals surface area contributed by atoms with Gasteiger partial charge < -0.3 is 14.4 Å². The summed E-state index contributed by atoms with van der Waals surface area (Å²) in [5, 5.41) is 10.7. The van der Waals surface area contributed by atoms with Crippen molar-refractivity contribution in [2.45, 2.75) is 70.2 Å². The van der Waals surface area contributed by atoms with E-state index in [0.29, 0.717) is 12.8 Å². The van der Waals surface area contributed by atoms with Crippen molar-refractivity contribution in [1.82, 2.24) is 4.90 Å². The summed E-state index contributed by atoms with van der Waals surface area (Å²) in [5.74, 6) is -0.500. The van der Waals surface area contributed by atoms with Gasteiger partial charge in [0.1, 0.15) is 11.7 Å². The molecule has 146 valence electrons. The highest BCUT2D eigenvalue weighted by Gasteiger charge is 2.46. The number of hydrogen-bond donors (Lipinski definition) is 0. The summed E-state index contributed by atoms with van der Waals surface area (Å²) in [6.45, 7) is 5.52. The van der Waals surface area contributed by atoms with Crippen molar-refractivity contribution in [2.24, 2.45) is 0 Å². The molecule has 0 saturated carbocycles. The Labute approximate surface area is 157 Å². The second kappa shape index (κ2) is 7.17. The molecule has 2 saturated heterocycles. The molecule has 0 aliphatic carbocycles. The minimum atomic E-state index is -0.546. The van der Waals surface area contributed by atoms with Crippen LogP contribution in [-0.4, -0.2) is 45.7 Å². The van der Waals surface area contributed by atoms with Gasteiger partial charge >= 0.3 is 12.1 Å². The van der Waals surface area contributed by atoms with Crippen LogP contribution >= 0.6 is 0 Å². The van der Waals surface area contributed by atoms with Crippen LogP contribution < -0.4 is 0 Å². The first-order valence-corrected chi connectivity index (χ1v) is 9.11. The van der Waals surface area contributed by atoms with Crippen LogP contribution in [0.3, 0.4) is 0 Å². The number of non-ortho nitro benzene ring substituents is 1. The predicted molar refractivity (Wildman–Crippen MR) is 96.4 cm³/mol. The Bertz CT molecular complexity index is 726. The van der Waals surface area contributed by atoms with E-state index in [1.165, 1.54) is 24.3 Å². The molecule has 1 amide bonds. The summed E-state index contributed by atoms with van der Waals surface area (Å²) in [7, 11) is 0. The normalized spacial score (nSPS) is 24.4. The lowest BCUT2D eigenvalue weighted by Crippen LogP contribution is -2.50. The molecular formula is C19H24N2O6. The molecule has 2 heterocycles. The summed E-state index contributed by atoms with van der Waals surface area (Å²) in [4.78, 5) is 36.8. The van der Waals surface area contributed by atoms with Crippen LogP contribution in [0.25, 0.3) is 0 Å². The van der Waals surface area contributed by atoms with E-state index in [1.807, 2.05) is 20.8 Å². The monoisotopic (exact) mass is 376 g/mol. The molecule has 8 heteroatoms. The Hall–Kier alpha value is -2.64. The van der Waals surface area contributed by atoms with Gasteiger partial charge in [-0.25, -0.2) is 9.59 Å². The van der Waals surface area contributed by atoms with E-state index in [4.69, 9.17) is 9.47 Å². The summed E-state index contributed by atoms with van der Waals surface area (Å²) in [6, 6.07) is 5.37. The van der Waals surface area contributed by atoms with E-state index in [-0.39, 0.29) is 35.5 Å². The molecule has 3 rings (SSSR count). The first kappa shape index (κ1) is 19.1. The zero-order valence-electron chi connectivity index (χ0n) is 15.7. The van der Waals surface area contributed by atoms with Crippen LogP contribution in [0.2, 0.25) is 0 Å². The average molecular weight is 376 g/mol. The van der Waals surface area contributed by atoms with Crippen molar-refractivity contribution >= 4 is 17.7 Å². The number of carbonyl (C=O) groups excluding carboxylic acids is 2. The Kier molecular flexibility index (Phi) is 5.08. The summed E-state index contributed by atoms with van der Waals surface area (Å²) >= 11 is 0. The van der Waals surface area contributed by atoms with E-state index in [1.54, 1.807) is 4.90 Å². The van der Waals surface area contributed by atoms with Gasteiger partial charge in [-0.05, 0) is 45.7 Å². The van der Waals surface area contributed by atoms with Crippen molar-refractivity contribution in [3.05, 3.63) is 39.9 Å². The lowest BCUT2D eigenvalue weighted by atomic mass is 10.00. The molecule has 0 radical (unpaired) electrons. The van der Waals surface area contributed by atoms with Gasteiger partial charge in [0.2, 0.25) is 0 Å². The molecule has 0 spiro atoms. The average Bonchev–Trinajstić information content (AvgIpc) is 2.85. The van der Waals surface area contributed by atoms with Gasteiger partial charge in [-0.2, -0.15) is 0 Å². The van der Waals surface area contributed by atoms with Gasteiger partial charge in [-0.1, -0.05) is 0 Å². The molecule has 27 heavy (non-hydrogen) atoms. The second-order valence-electron chi connectivity index (χ2n) is 8.08. The molecule has 2 aliphatic rings. The number of esters is 1. The molecule has 8 nitrogen and oxygen atoms in total. The van der Waals surface area contributed by atoms with Gasteiger partial charge in [-0.3, -0.25) is 10.1 Å². The smallest absolute Gasteiger partial charge is 0.410 e. The van der Waals surface area contributed by atoms with Crippen LogP contribution in [0.1, 0.15) is 56.8 Å². The van der Waals surface area contributed by atoms with Gasteiger partial charge in [0.05, 0.1) is 10.5 Å². The SMILES string of the molecule is CC(C)(C)OC(=O)N1C2CCC1CC(OC(=O)c1ccc([N+](=O)[O-])cc1)C2. The fraction of sp³-hybridized carbons (Fsp3) is 0.579. The number of piperidine rings is 1. The van der Waals surface area contributed by atoms with Gasteiger partial charge in [0.25, 0.3) is 5.69 Å². The Morgan fingerprint density at radius 3 is 2.15 bits per heavy atom. The number of rotatable bonds is 3. The summed E-state index contributed by atoms with van der Waals surface area (Å²) in [5.41, 5.74) is -0.340. The van der Waals surface area contributed by atoms with E-state index >= 15 is 0 Å². The number of fused-ring (bicyclic) bond motifs is 2. The van der Waals surface area contributed by atoms with Crippen molar-refractivity contribution in [3.63, 3.8) is 0 Å². The first-order valence-electron chi connectivity index (χ1n) is 9.11. The van der Waals surface area contributed by atoms with Crippen molar-refractivity contribution in [1.29, 1.82) is 0 Å². The minimum absolute atomic E-state index is 0.00765. The van der Waals surface area contributed by atoms with E-state index in [0.717, 1.165) is 12.8 Å². The van der Waals surface area contributed by atoms with E-state index in [2.05, 4.69) is 0 Å². The summed E-state index contributed by atoms with van der Waals surface area (Å²) in [6.07, 6.45) is 2.31. The van der Waals surface area contributed by atoms with E-state index < -0.39 is 16.5 Å². The maximum absolute atomic E-state index is 12.5. The third-order valence-electron chi connectivity index (χ3n) is 4.88. The maximum atomic E-state index is 12.5. The highest BCUT2D eigenvalue weighted by molar-refractivity contribution is 5.89. The van der Waals surface area contributed by atoms with Crippen LogP contribution in [0.5, 0.6) is 0 Å².